The molecule has 1 aliphatic heterocycles. The fourth-order valence-electron chi connectivity index (χ4n) is 3.65. The van der Waals surface area contributed by atoms with Crippen LogP contribution in [-0.2, 0) is 18.8 Å². The summed E-state index contributed by atoms with van der Waals surface area (Å²) in [4.78, 5) is 26.8. The molecule has 0 saturated carbocycles. The molecule has 0 aromatic carbocycles. The maximum atomic E-state index is 12.9. The van der Waals surface area contributed by atoms with Gasteiger partial charge in [-0.2, -0.15) is 0 Å². The topological polar surface area (TPSA) is 56.5 Å². The van der Waals surface area contributed by atoms with Crippen LogP contribution in [-0.4, -0.2) is 45.5 Å². The van der Waals surface area contributed by atoms with E-state index in [4.69, 9.17) is 0 Å². The standard InChI is InChI=1S/C17H20F3N3O3/c1-10-7-22(3)16(25)13-12(9-21(2)14(10)13)15(24)23-6-4-5-11(8-23)26-17(18,19)20/h7,9,11H,4-6,8H2,1-3H3. The zero-order valence-electron chi connectivity index (χ0n) is 14.8. The first-order valence-corrected chi connectivity index (χ1v) is 8.27. The Hall–Kier alpha value is -2.29. The molecule has 1 unspecified atom stereocenters. The summed E-state index contributed by atoms with van der Waals surface area (Å²) in [5.41, 5.74) is 1.38. The first-order valence-electron chi connectivity index (χ1n) is 8.27. The van der Waals surface area contributed by atoms with Crippen LogP contribution in [0.2, 0.25) is 0 Å². The lowest BCUT2D eigenvalue weighted by Gasteiger charge is -2.32. The van der Waals surface area contributed by atoms with E-state index < -0.39 is 18.4 Å². The molecular formula is C17H20F3N3O3. The summed E-state index contributed by atoms with van der Waals surface area (Å²) in [6.45, 7) is 2.02. The van der Waals surface area contributed by atoms with Gasteiger partial charge in [0.2, 0.25) is 0 Å². The van der Waals surface area contributed by atoms with E-state index >= 15 is 0 Å². The molecule has 1 atom stereocenters. The average Bonchev–Trinajstić information content (AvgIpc) is 2.88. The van der Waals surface area contributed by atoms with Crippen LogP contribution in [0, 0.1) is 6.92 Å². The lowest BCUT2D eigenvalue weighted by atomic mass is 10.1. The molecule has 9 heteroatoms. The minimum Gasteiger partial charge on any atom is -0.349 e. The molecule has 1 saturated heterocycles. The molecule has 2 aromatic heterocycles. The van der Waals surface area contributed by atoms with Crippen LogP contribution in [0.25, 0.3) is 10.9 Å². The van der Waals surface area contributed by atoms with Crippen molar-refractivity contribution in [2.45, 2.75) is 32.2 Å². The molecule has 1 amide bonds. The van der Waals surface area contributed by atoms with Crippen molar-refractivity contribution in [3.63, 3.8) is 0 Å². The van der Waals surface area contributed by atoms with E-state index in [1.807, 2.05) is 6.92 Å². The molecule has 0 bridgehead atoms. The van der Waals surface area contributed by atoms with Gasteiger partial charge in [-0.05, 0) is 25.3 Å². The van der Waals surface area contributed by atoms with E-state index in [-0.39, 0.29) is 24.1 Å². The summed E-state index contributed by atoms with van der Waals surface area (Å²) >= 11 is 0. The van der Waals surface area contributed by atoms with Crippen LogP contribution in [0.5, 0.6) is 0 Å². The molecule has 3 heterocycles. The number of rotatable bonds is 2. The number of piperidine rings is 1. The highest BCUT2D eigenvalue weighted by Gasteiger charge is 2.37. The summed E-state index contributed by atoms with van der Waals surface area (Å²) in [5, 5.41) is 0.291. The Morgan fingerprint density at radius 2 is 1.92 bits per heavy atom. The second-order valence-corrected chi connectivity index (χ2v) is 6.68. The zero-order chi connectivity index (χ0) is 19.2. The van der Waals surface area contributed by atoms with Crippen molar-refractivity contribution in [3.05, 3.63) is 33.9 Å². The number of ether oxygens (including phenoxy) is 1. The molecule has 1 aliphatic rings. The summed E-state index contributed by atoms with van der Waals surface area (Å²) in [6, 6.07) is 0. The Labute approximate surface area is 147 Å². The molecule has 1 fully saturated rings. The molecule has 26 heavy (non-hydrogen) atoms. The van der Waals surface area contributed by atoms with E-state index in [0.717, 1.165) is 5.56 Å². The average molecular weight is 371 g/mol. The van der Waals surface area contributed by atoms with Crippen LogP contribution in [0.1, 0.15) is 28.8 Å². The lowest BCUT2D eigenvalue weighted by molar-refractivity contribution is -0.345. The number of aromatic nitrogens is 2. The van der Waals surface area contributed by atoms with Crippen molar-refractivity contribution in [2.75, 3.05) is 13.1 Å². The molecule has 3 rings (SSSR count). The number of aryl methyl sites for hydroxylation is 3. The van der Waals surface area contributed by atoms with Gasteiger partial charge in [0.25, 0.3) is 11.5 Å². The minimum atomic E-state index is -4.73. The van der Waals surface area contributed by atoms with Crippen molar-refractivity contribution < 1.29 is 22.7 Å². The summed E-state index contributed by atoms with van der Waals surface area (Å²) in [7, 11) is 3.33. The SMILES string of the molecule is Cc1cn(C)c(=O)c2c(C(=O)N3CCCC(OC(F)(F)F)C3)cn(C)c12. The van der Waals surface area contributed by atoms with Crippen LogP contribution in [0.3, 0.4) is 0 Å². The Morgan fingerprint density at radius 1 is 1.23 bits per heavy atom. The molecule has 142 valence electrons. The first kappa shape index (κ1) is 18.5. The predicted molar refractivity (Wildman–Crippen MR) is 89.0 cm³/mol. The van der Waals surface area contributed by atoms with E-state index in [1.54, 1.807) is 31.1 Å². The maximum Gasteiger partial charge on any atom is 0.522 e. The van der Waals surface area contributed by atoms with Crippen LogP contribution < -0.4 is 5.56 Å². The monoisotopic (exact) mass is 371 g/mol. The third-order valence-electron chi connectivity index (χ3n) is 4.67. The zero-order valence-corrected chi connectivity index (χ0v) is 14.8. The number of hydrogen-bond donors (Lipinski definition) is 0. The first-order chi connectivity index (χ1) is 12.1. The highest BCUT2D eigenvalue weighted by atomic mass is 19.4. The quantitative estimate of drug-likeness (QED) is 0.814. The number of likely N-dealkylation sites (tertiary alicyclic amines) is 1. The van der Waals surface area contributed by atoms with Gasteiger partial charge in [0.1, 0.15) is 0 Å². The van der Waals surface area contributed by atoms with Crippen molar-refractivity contribution in [1.82, 2.24) is 14.0 Å². The summed E-state index contributed by atoms with van der Waals surface area (Å²) < 4.78 is 44.6. The van der Waals surface area contributed by atoms with E-state index in [1.165, 1.54) is 9.47 Å². The number of alkyl halides is 3. The second kappa shape index (κ2) is 6.46. The minimum absolute atomic E-state index is 0.152. The number of fused-ring (bicyclic) bond motifs is 1. The van der Waals surface area contributed by atoms with Gasteiger partial charge in [0.15, 0.2) is 0 Å². The number of carbonyl (C=O) groups excluding carboxylic acids is 1. The third-order valence-corrected chi connectivity index (χ3v) is 4.67. The molecule has 6 nitrogen and oxygen atoms in total. The maximum absolute atomic E-state index is 12.9. The van der Waals surface area contributed by atoms with Gasteiger partial charge < -0.3 is 14.0 Å². The van der Waals surface area contributed by atoms with Gasteiger partial charge in [-0.3, -0.25) is 14.3 Å². The van der Waals surface area contributed by atoms with E-state index in [2.05, 4.69) is 4.74 Å². The van der Waals surface area contributed by atoms with Crippen molar-refractivity contribution in [3.8, 4) is 0 Å². The van der Waals surface area contributed by atoms with Gasteiger partial charge in [0, 0.05) is 39.6 Å². The smallest absolute Gasteiger partial charge is 0.349 e. The van der Waals surface area contributed by atoms with Gasteiger partial charge in [-0.1, -0.05) is 0 Å². The second-order valence-electron chi connectivity index (χ2n) is 6.68. The molecule has 2 aromatic rings. The Balaban J connectivity index is 1.97. The number of carbonyl (C=O) groups is 1. The van der Waals surface area contributed by atoms with Crippen molar-refractivity contribution in [2.24, 2.45) is 14.1 Å². The van der Waals surface area contributed by atoms with Gasteiger partial charge in [-0.25, -0.2) is 0 Å². The Bertz CT molecular complexity index is 914. The van der Waals surface area contributed by atoms with E-state index in [9.17, 15) is 22.8 Å². The molecular weight excluding hydrogens is 351 g/mol. The fraction of sp³-hybridized carbons (Fsp3) is 0.529. The fourth-order valence-corrected chi connectivity index (χ4v) is 3.65. The Kier molecular flexibility index (Phi) is 4.60. The highest BCUT2D eigenvalue weighted by Crippen LogP contribution is 2.26. The van der Waals surface area contributed by atoms with Crippen LogP contribution >= 0.6 is 0 Å². The molecule has 0 radical (unpaired) electrons. The van der Waals surface area contributed by atoms with Gasteiger partial charge >= 0.3 is 6.36 Å². The van der Waals surface area contributed by atoms with Gasteiger partial charge in [-0.15, -0.1) is 13.2 Å². The van der Waals surface area contributed by atoms with Gasteiger partial charge in [0.05, 0.1) is 22.6 Å². The molecule has 0 spiro atoms. The number of halogens is 3. The number of amides is 1. The summed E-state index contributed by atoms with van der Waals surface area (Å²) in [6.07, 6.45) is -1.92. The van der Waals surface area contributed by atoms with Crippen molar-refractivity contribution in [1.29, 1.82) is 0 Å². The lowest BCUT2D eigenvalue weighted by Crippen LogP contribution is -2.45. The normalized spacial score (nSPS) is 18.5. The largest absolute Gasteiger partial charge is 0.522 e. The molecule has 0 N–H and O–H groups in total. The Morgan fingerprint density at radius 3 is 2.58 bits per heavy atom. The van der Waals surface area contributed by atoms with E-state index in [0.29, 0.717) is 23.9 Å². The predicted octanol–water partition coefficient (Wildman–Crippen LogP) is 2.33. The summed E-state index contributed by atoms with van der Waals surface area (Å²) in [5.74, 6) is -0.450. The van der Waals surface area contributed by atoms with Crippen LogP contribution in [0.15, 0.2) is 17.2 Å². The number of nitrogens with zero attached hydrogens (tertiary/aromatic N) is 3. The highest BCUT2D eigenvalue weighted by molar-refractivity contribution is 6.07. The number of hydrogen-bond acceptors (Lipinski definition) is 3. The molecule has 0 aliphatic carbocycles. The number of pyridine rings is 1. The van der Waals surface area contributed by atoms with Crippen molar-refractivity contribution >= 4 is 16.8 Å². The van der Waals surface area contributed by atoms with Crippen LogP contribution in [0.4, 0.5) is 13.2 Å². The third kappa shape index (κ3) is 3.35.